The summed E-state index contributed by atoms with van der Waals surface area (Å²) in [5, 5.41) is 0. The van der Waals surface area contributed by atoms with E-state index in [1.165, 1.54) is 14.0 Å². The zero-order valence-corrected chi connectivity index (χ0v) is 4.75. The quantitative estimate of drug-likeness (QED) is 0.363. The van der Waals surface area contributed by atoms with Crippen molar-refractivity contribution in [2.24, 2.45) is 0 Å². The van der Waals surface area contributed by atoms with Gasteiger partial charge in [-0.15, -0.1) is 0 Å². The molecule has 0 bridgehead atoms. The molecule has 0 saturated carbocycles. The maximum absolute atomic E-state index is 10.2. The Labute approximate surface area is 47.5 Å². The number of esters is 1. The highest BCUT2D eigenvalue weighted by Gasteiger charge is 2.11. The Balaban J connectivity index is 3.46. The number of hydrogen-bond donors (Lipinski definition) is 0. The molecule has 0 saturated heterocycles. The molecule has 0 spiro atoms. The number of hydrogen-bond acceptors (Lipinski definition) is 3. The molecule has 1 unspecified atom stereocenters. The number of ether oxygens (including phenoxy) is 1. The van der Waals surface area contributed by atoms with Crippen molar-refractivity contribution in [2.75, 3.05) is 7.11 Å². The highest BCUT2D eigenvalue weighted by Crippen LogP contribution is 1.87. The molecule has 4 heteroatoms. The van der Waals surface area contributed by atoms with Crippen LogP contribution in [-0.4, -0.2) is 19.2 Å². The van der Waals surface area contributed by atoms with Crippen molar-refractivity contribution in [2.45, 2.75) is 13.0 Å². The van der Waals surface area contributed by atoms with Gasteiger partial charge >= 0.3 is 5.97 Å². The van der Waals surface area contributed by atoms with Crippen LogP contribution in [0.5, 0.6) is 0 Å². The molecule has 46 valence electrons. The molecule has 0 N–H and O–H groups in total. The first-order valence-electron chi connectivity index (χ1n) is 2.10. The third kappa shape index (κ3) is 1.90. The Bertz CT molecular complexity index is 83.4. The Morgan fingerprint density at radius 1 is 1.75 bits per heavy atom. The summed E-state index contributed by atoms with van der Waals surface area (Å²) in [7, 11) is 1.22. The molecule has 8 heavy (non-hydrogen) atoms. The van der Waals surface area contributed by atoms with Crippen molar-refractivity contribution in [3.63, 3.8) is 0 Å². The summed E-state index contributed by atoms with van der Waals surface area (Å²) >= 11 is 0. The summed E-state index contributed by atoms with van der Waals surface area (Å²) in [6.07, 6.45) is -0.889. The van der Waals surface area contributed by atoms with Crippen LogP contribution in [0.2, 0.25) is 0 Å². The topological polar surface area (TPSA) is 57.8 Å². The normalized spacial score (nSPS) is 12.9. The van der Waals surface area contributed by atoms with Crippen molar-refractivity contribution in [3.05, 3.63) is 0 Å². The molecule has 0 rings (SSSR count). The number of methoxy groups -OCH3 is 1. The van der Waals surface area contributed by atoms with Crippen LogP contribution in [0.15, 0.2) is 0 Å². The summed E-state index contributed by atoms with van der Waals surface area (Å²) < 4.78 is 4.18. The first kappa shape index (κ1) is 7.39. The zero-order chi connectivity index (χ0) is 6.57. The largest absolute Gasteiger partial charge is 0.467 e. The first-order chi connectivity index (χ1) is 3.72. The third-order valence-corrected chi connectivity index (χ3v) is 0.691. The molecule has 2 radical (unpaired) electrons. The van der Waals surface area contributed by atoms with E-state index < -0.39 is 12.1 Å². The lowest BCUT2D eigenvalue weighted by Crippen LogP contribution is -2.20. The van der Waals surface area contributed by atoms with Crippen molar-refractivity contribution in [1.29, 1.82) is 0 Å². The molecule has 0 aromatic carbocycles. The zero-order valence-electron chi connectivity index (χ0n) is 4.75. The van der Waals surface area contributed by atoms with Gasteiger partial charge in [-0.1, -0.05) is 0 Å². The molecular weight excluding hydrogens is 110 g/mol. The van der Waals surface area contributed by atoms with Crippen LogP contribution in [0, 0.1) is 0 Å². The predicted molar refractivity (Wildman–Crippen MR) is 24.7 cm³/mol. The molecular formula is C4H7NO3. The van der Waals surface area contributed by atoms with E-state index in [0.717, 1.165) is 0 Å². The van der Waals surface area contributed by atoms with Crippen molar-refractivity contribution in [1.82, 2.24) is 5.90 Å². The lowest BCUT2D eigenvalue weighted by molar-refractivity contribution is -0.153. The van der Waals surface area contributed by atoms with E-state index in [-0.39, 0.29) is 0 Å². The standard InChI is InChI=1S/C4H7NO3/c1-3(8-5)4(6)7-2/h3H,1-2H3. The van der Waals surface area contributed by atoms with Crippen LogP contribution in [0.25, 0.3) is 0 Å². The summed E-state index contributed by atoms with van der Waals surface area (Å²) in [4.78, 5) is 13.9. The van der Waals surface area contributed by atoms with Crippen molar-refractivity contribution in [3.8, 4) is 0 Å². The predicted octanol–water partition coefficient (Wildman–Crippen LogP) is -0.452. The van der Waals surface area contributed by atoms with E-state index in [0.29, 0.717) is 0 Å². The van der Waals surface area contributed by atoms with Gasteiger partial charge in [0.15, 0.2) is 6.10 Å². The average molecular weight is 117 g/mol. The Morgan fingerprint density at radius 2 is 2.25 bits per heavy atom. The number of carbonyl (C=O) groups is 1. The van der Waals surface area contributed by atoms with Gasteiger partial charge in [-0.25, -0.2) is 9.63 Å². The van der Waals surface area contributed by atoms with Crippen LogP contribution >= 0.6 is 0 Å². The Morgan fingerprint density at radius 3 is 2.38 bits per heavy atom. The van der Waals surface area contributed by atoms with Gasteiger partial charge in [0, 0.05) is 5.90 Å². The Kier molecular flexibility index (Phi) is 3.14. The number of nitrogens with zero attached hydrogens (tertiary/aromatic N) is 1. The van der Waals surface area contributed by atoms with Gasteiger partial charge in [0.2, 0.25) is 0 Å². The summed E-state index contributed by atoms with van der Waals surface area (Å²) in [5.74, 6) is 7.25. The summed E-state index contributed by atoms with van der Waals surface area (Å²) in [6, 6.07) is 0. The maximum atomic E-state index is 10.2. The molecule has 0 amide bonds. The number of carbonyl (C=O) groups excluding carboxylic acids is 1. The van der Waals surface area contributed by atoms with Crippen LogP contribution in [0.4, 0.5) is 0 Å². The van der Waals surface area contributed by atoms with Crippen LogP contribution in [0.3, 0.4) is 0 Å². The van der Waals surface area contributed by atoms with E-state index in [9.17, 15) is 4.79 Å². The van der Waals surface area contributed by atoms with Crippen LogP contribution in [-0.2, 0) is 14.4 Å². The monoisotopic (exact) mass is 117 g/mol. The molecule has 4 nitrogen and oxygen atoms in total. The summed E-state index contributed by atoms with van der Waals surface area (Å²) in [5.41, 5.74) is 0. The average Bonchev–Trinajstić information content (AvgIpc) is 1.84. The van der Waals surface area contributed by atoms with Gasteiger partial charge < -0.3 is 4.74 Å². The van der Waals surface area contributed by atoms with E-state index in [1.807, 2.05) is 0 Å². The smallest absolute Gasteiger partial charge is 0.336 e. The van der Waals surface area contributed by atoms with E-state index in [4.69, 9.17) is 5.90 Å². The molecule has 0 aromatic heterocycles. The molecule has 0 fully saturated rings. The minimum absolute atomic E-state index is 0.590. The molecule has 0 aromatic rings. The fourth-order valence-corrected chi connectivity index (χ4v) is 0.209. The fraction of sp³-hybridized carbons (Fsp3) is 0.750. The molecule has 0 heterocycles. The maximum Gasteiger partial charge on any atom is 0.336 e. The first-order valence-corrected chi connectivity index (χ1v) is 2.10. The van der Waals surface area contributed by atoms with E-state index in [1.54, 1.807) is 0 Å². The number of rotatable bonds is 2. The Hall–Kier alpha value is -0.610. The minimum Gasteiger partial charge on any atom is -0.467 e. The lowest BCUT2D eigenvalue weighted by atomic mass is 10.4. The molecule has 0 aliphatic heterocycles. The van der Waals surface area contributed by atoms with E-state index in [2.05, 4.69) is 9.57 Å². The van der Waals surface area contributed by atoms with E-state index >= 15 is 0 Å². The second kappa shape index (κ2) is 3.40. The van der Waals surface area contributed by atoms with Gasteiger partial charge in [0.1, 0.15) is 0 Å². The van der Waals surface area contributed by atoms with Crippen LogP contribution < -0.4 is 5.90 Å². The van der Waals surface area contributed by atoms with Gasteiger partial charge in [-0.2, -0.15) is 0 Å². The molecule has 0 aliphatic rings. The molecule has 1 atom stereocenters. The van der Waals surface area contributed by atoms with Gasteiger partial charge in [-0.3, -0.25) is 0 Å². The second-order valence-electron chi connectivity index (χ2n) is 1.27. The van der Waals surface area contributed by atoms with Gasteiger partial charge in [0.05, 0.1) is 7.11 Å². The highest BCUT2D eigenvalue weighted by atomic mass is 16.6. The SMILES string of the molecule is COC(=O)C(C)O[N]. The van der Waals surface area contributed by atoms with Crippen molar-refractivity contribution < 1.29 is 14.4 Å². The third-order valence-electron chi connectivity index (χ3n) is 0.691. The van der Waals surface area contributed by atoms with Crippen molar-refractivity contribution >= 4 is 5.97 Å². The van der Waals surface area contributed by atoms with Crippen LogP contribution in [0.1, 0.15) is 6.92 Å². The second-order valence-corrected chi connectivity index (χ2v) is 1.27. The highest BCUT2D eigenvalue weighted by molar-refractivity contribution is 5.73. The summed E-state index contributed by atoms with van der Waals surface area (Å²) in [6.45, 7) is 1.38. The lowest BCUT2D eigenvalue weighted by Gasteiger charge is -2.01. The fourth-order valence-electron chi connectivity index (χ4n) is 0.209. The van der Waals surface area contributed by atoms with Gasteiger partial charge in [0.25, 0.3) is 0 Å². The minimum atomic E-state index is -0.889. The molecule has 0 aliphatic carbocycles. The van der Waals surface area contributed by atoms with Gasteiger partial charge in [-0.05, 0) is 6.92 Å².